The second-order valence-electron chi connectivity index (χ2n) is 5.98. The van der Waals surface area contributed by atoms with Crippen molar-refractivity contribution in [2.75, 3.05) is 25.4 Å². The Labute approximate surface area is 172 Å². The van der Waals surface area contributed by atoms with Crippen LogP contribution in [0.5, 0.6) is 11.5 Å². The van der Waals surface area contributed by atoms with Gasteiger partial charge in [-0.3, -0.25) is 4.72 Å². The fourth-order valence-electron chi connectivity index (χ4n) is 2.34. The molecular weight excluding hydrogens is 449 g/mol. The van der Waals surface area contributed by atoms with E-state index in [1.807, 2.05) is 0 Å². The molecule has 0 aliphatic rings. The molecule has 2 aromatic carbocycles. The van der Waals surface area contributed by atoms with Crippen LogP contribution in [0.2, 0.25) is 0 Å². The smallest absolute Gasteiger partial charge is 0.492 e. The van der Waals surface area contributed by atoms with Crippen molar-refractivity contribution in [3.63, 3.8) is 0 Å². The summed E-state index contributed by atoms with van der Waals surface area (Å²) < 4.78 is 100. The lowest BCUT2D eigenvalue weighted by Crippen LogP contribution is -2.23. The molecule has 2 aromatic rings. The topological polar surface area (TPSA) is 102 Å². The second-order valence-corrected chi connectivity index (χ2v) is 9.75. The van der Waals surface area contributed by atoms with Crippen molar-refractivity contribution >= 4 is 25.7 Å². The van der Waals surface area contributed by atoms with Crippen LogP contribution >= 0.6 is 0 Å². The molecule has 0 amide bonds. The van der Waals surface area contributed by atoms with Gasteiger partial charge in [-0.25, -0.2) is 21.1 Å². The van der Waals surface area contributed by atoms with Crippen molar-refractivity contribution in [3.05, 3.63) is 42.5 Å². The van der Waals surface area contributed by atoms with Crippen molar-refractivity contribution in [2.45, 2.75) is 23.1 Å². The molecule has 0 heterocycles. The Morgan fingerprint density at radius 3 is 2.17 bits per heavy atom. The predicted molar refractivity (Wildman–Crippen MR) is 102 cm³/mol. The van der Waals surface area contributed by atoms with Crippen molar-refractivity contribution in [1.82, 2.24) is 4.31 Å². The van der Waals surface area contributed by atoms with Gasteiger partial charge in [0.2, 0.25) is 10.0 Å². The van der Waals surface area contributed by atoms with E-state index in [1.54, 1.807) is 6.92 Å². The molecule has 8 nitrogen and oxygen atoms in total. The fraction of sp³-hybridized carbons (Fsp3) is 0.294. The average molecular weight is 468 g/mol. The molecule has 30 heavy (non-hydrogen) atoms. The van der Waals surface area contributed by atoms with Crippen LogP contribution in [0.1, 0.15) is 6.92 Å². The Kier molecular flexibility index (Phi) is 6.89. The van der Waals surface area contributed by atoms with Gasteiger partial charge in [0, 0.05) is 14.1 Å². The summed E-state index contributed by atoms with van der Waals surface area (Å²) in [6.07, 6.45) is -5.10. The number of benzene rings is 2. The first-order chi connectivity index (χ1) is 13.8. The number of halogens is 3. The lowest BCUT2D eigenvalue weighted by molar-refractivity contribution is -0.275. The molecule has 0 aromatic heterocycles. The number of ether oxygens (including phenoxy) is 2. The zero-order chi connectivity index (χ0) is 22.7. The first kappa shape index (κ1) is 23.8. The Balaban J connectivity index is 2.50. The second kappa shape index (κ2) is 8.70. The lowest BCUT2D eigenvalue weighted by Gasteiger charge is -2.18. The summed E-state index contributed by atoms with van der Waals surface area (Å²) in [5.41, 5.74) is -0.194. The maximum Gasteiger partial charge on any atom is 0.573 e. The summed E-state index contributed by atoms with van der Waals surface area (Å²) in [4.78, 5) is -1.08. The number of nitrogens with zero attached hydrogens (tertiary/aromatic N) is 1. The number of rotatable bonds is 8. The number of para-hydroxylation sites is 1. The van der Waals surface area contributed by atoms with Crippen LogP contribution < -0.4 is 14.2 Å². The molecule has 0 spiro atoms. The van der Waals surface area contributed by atoms with Gasteiger partial charge < -0.3 is 9.47 Å². The van der Waals surface area contributed by atoms with Gasteiger partial charge in [0.15, 0.2) is 0 Å². The number of hydrogen-bond donors (Lipinski definition) is 1. The fourth-order valence-corrected chi connectivity index (χ4v) is 4.57. The van der Waals surface area contributed by atoms with Crippen molar-refractivity contribution in [2.24, 2.45) is 0 Å². The van der Waals surface area contributed by atoms with E-state index in [0.717, 1.165) is 22.5 Å². The minimum Gasteiger partial charge on any atom is -0.492 e. The summed E-state index contributed by atoms with van der Waals surface area (Å²) in [6.45, 7) is 1.80. The first-order valence-corrected chi connectivity index (χ1v) is 11.3. The average Bonchev–Trinajstić information content (AvgIpc) is 2.61. The van der Waals surface area contributed by atoms with Crippen molar-refractivity contribution in [3.8, 4) is 11.5 Å². The highest BCUT2D eigenvalue weighted by molar-refractivity contribution is 7.92. The molecule has 0 bridgehead atoms. The Hall–Kier alpha value is -2.51. The molecule has 0 saturated carbocycles. The zero-order valence-corrected chi connectivity index (χ0v) is 17.7. The van der Waals surface area contributed by atoms with Crippen molar-refractivity contribution < 1.29 is 39.5 Å². The normalized spacial score (nSPS) is 12.6. The monoisotopic (exact) mass is 468 g/mol. The third kappa shape index (κ3) is 5.55. The Bertz CT molecular complexity index is 1120. The summed E-state index contributed by atoms with van der Waals surface area (Å²) in [6, 6.07) is 7.67. The highest BCUT2D eigenvalue weighted by atomic mass is 32.2. The van der Waals surface area contributed by atoms with E-state index in [2.05, 4.69) is 9.46 Å². The number of sulfonamides is 2. The maximum atomic E-state index is 12.7. The molecule has 13 heteroatoms. The third-order valence-electron chi connectivity index (χ3n) is 3.62. The molecule has 0 unspecified atom stereocenters. The molecule has 166 valence electrons. The summed E-state index contributed by atoms with van der Waals surface area (Å²) in [5.74, 6) is -0.931. The minimum absolute atomic E-state index is 0.00467. The molecule has 0 radical (unpaired) electrons. The van der Waals surface area contributed by atoms with Crippen LogP contribution in [-0.2, 0) is 20.0 Å². The van der Waals surface area contributed by atoms with Gasteiger partial charge in [0.25, 0.3) is 10.0 Å². The van der Waals surface area contributed by atoms with E-state index in [0.29, 0.717) is 0 Å². The minimum atomic E-state index is -5.10. The van der Waals surface area contributed by atoms with Crippen LogP contribution in [0.25, 0.3) is 0 Å². The molecule has 1 N–H and O–H groups in total. The van der Waals surface area contributed by atoms with E-state index in [4.69, 9.17) is 4.74 Å². The SMILES string of the molecule is CCOc1ccc(NS(=O)(=O)c2ccccc2OC(F)(F)F)cc1S(=O)(=O)N(C)C. The zero-order valence-electron chi connectivity index (χ0n) is 16.1. The molecule has 0 aliphatic carbocycles. The van der Waals surface area contributed by atoms with Gasteiger partial charge in [0.1, 0.15) is 21.3 Å². The number of alkyl halides is 3. The Morgan fingerprint density at radius 2 is 1.60 bits per heavy atom. The maximum absolute atomic E-state index is 12.7. The van der Waals surface area contributed by atoms with Gasteiger partial charge in [-0.05, 0) is 37.3 Å². The van der Waals surface area contributed by atoms with Crippen LogP contribution in [0.4, 0.5) is 18.9 Å². The van der Waals surface area contributed by atoms with E-state index in [9.17, 15) is 30.0 Å². The van der Waals surface area contributed by atoms with Gasteiger partial charge >= 0.3 is 6.36 Å². The molecular formula is C17H19F3N2O6S2. The molecule has 0 atom stereocenters. The van der Waals surface area contributed by atoms with Crippen LogP contribution in [0, 0.1) is 0 Å². The van der Waals surface area contributed by atoms with Gasteiger partial charge in [0.05, 0.1) is 12.3 Å². The van der Waals surface area contributed by atoms with Crippen LogP contribution in [0.3, 0.4) is 0 Å². The predicted octanol–water partition coefficient (Wildman–Crippen LogP) is 3.04. The van der Waals surface area contributed by atoms with Gasteiger partial charge in [-0.1, -0.05) is 12.1 Å². The number of hydrogen-bond acceptors (Lipinski definition) is 6. The Morgan fingerprint density at radius 1 is 0.967 bits per heavy atom. The number of anilines is 1. The van der Waals surface area contributed by atoms with Crippen LogP contribution in [-0.4, -0.2) is 48.2 Å². The van der Waals surface area contributed by atoms with Gasteiger partial charge in [-0.15, -0.1) is 13.2 Å². The standard InChI is InChI=1S/C17H19F3N2O6S2/c1-4-27-13-10-9-12(11-16(13)30(25,26)22(2)3)21-29(23,24)15-8-6-5-7-14(15)28-17(18,19)20/h5-11,21H,4H2,1-3H3. The van der Waals surface area contributed by atoms with Gasteiger partial charge in [-0.2, -0.15) is 0 Å². The van der Waals surface area contributed by atoms with E-state index in [-0.39, 0.29) is 22.9 Å². The summed E-state index contributed by atoms with van der Waals surface area (Å²) >= 11 is 0. The molecule has 2 rings (SSSR count). The third-order valence-corrected chi connectivity index (χ3v) is 6.88. The molecule has 0 fully saturated rings. The first-order valence-electron chi connectivity index (χ1n) is 8.35. The molecule has 0 aliphatic heterocycles. The van der Waals surface area contributed by atoms with E-state index in [1.165, 1.54) is 38.4 Å². The number of nitrogens with one attached hydrogen (secondary N) is 1. The summed E-state index contributed by atoms with van der Waals surface area (Å²) in [5, 5.41) is 0. The molecule has 0 saturated heterocycles. The largest absolute Gasteiger partial charge is 0.573 e. The quantitative estimate of drug-likeness (QED) is 0.639. The van der Waals surface area contributed by atoms with E-state index < -0.39 is 37.1 Å². The lowest BCUT2D eigenvalue weighted by atomic mass is 10.3. The van der Waals surface area contributed by atoms with Crippen molar-refractivity contribution in [1.29, 1.82) is 0 Å². The highest BCUT2D eigenvalue weighted by Gasteiger charge is 2.34. The summed E-state index contributed by atoms with van der Waals surface area (Å²) in [7, 11) is -5.98. The van der Waals surface area contributed by atoms with Crippen LogP contribution in [0.15, 0.2) is 52.3 Å². The highest BCUT2D eigenvalue weighted by Crippen LogP contribution is 2.33. The van der Waals surface area contributed by atoms with E-state index >= 15 is 0 Å².